The van der Waals surface area contributed by atoms with Crippen molar-refractivity contribution in [3.8, 4) is 0 Å². The topological polar surface area (TPSA) is 74.8 Å². The Labute approximate surface area is 156 Å². The zero-order valence-electron chi connectivity index (χ0n) is 16.2. The summed E-state index contributed by atoms with van der Waals surface area (Å²) in [7, 11) is 1.72. The van der Waals surface area contributed by atoms with Gasteiger partial charge in [-0.3, -0.25) is 9.79 Å². The molecule has 0 aromatic heterocycles. The number of aryl methyl sites for hydroxylation is 1. The van der Waals surface area contributed by atoms with Gasteiger partial charge < -0.3 is 20.7 Å². The second kappa shape index (κ2) is 10.8. The monoisotopic (exact) mass is 360 g/mol. The van der Waals surface area contributed by atoms with Crippen LogP contribution in [0.3, 0.4) is 0 Å². The highest BCUT2D eigenvalue weighted by Gasteiger charge is 2.27. The van der Waals surface area contributed by atoms with Crippen LogP contribution in [0, 0.1) is 12.8 Å². The van der Waals surface area contributed by atoms with Crippen molar-refractivity contribution >= 4 is 11.9 Å². The fraction of sp³-hybridized carbons (Fsp3) is 0.600. The predicted molar refractivity (Wildman–Crippen MR) is 105 cm³/mol. The lowest BCUT2D eigenvalue weighted by molar-refractivity contribution is -0.120. The highest BCUT2D eigenvalue weighted by atomic mass is 16.5. The molecule has 1 fully saturated rings. The van der Waals surface area contributed by atoms with Crippen LogP contribution in [0.25, 0.3) is 0 Å². The Balaban J connectivity index is 1.86. The quantitative estimate of drug-likeness (QED) is 0.514. The Hall–Kier alpha value is -2.08. The van der Waals surface area contributed by atoms with E-state index in [1.165, 1.54) is 11.1 Å². The van der Waals surface area contributed by atoms with Gasteiger partial charge >= 0.3 is 0 Å². The van der Waals surface area contributed by atoms with Gasteiger partial charge in [-0.2, -0.15) is 0 Å². The van der Waals surface area contributed by atoms with E-state index in [9.17, 15) is 4.79 Å². The van der Waals surface area contributed by atoms with Crippen LogP contribution in [0.4, 0.5) is 0 Å². The lowest BCUT2D eigenvalue weighted by Gasteiger charge is -2.32. The van der Waals surface area contributed by atoms with Gasteiger partial charge in [-0.05, 0) is 31.7 Å². The normalized spacial score (nSPS) is 20.5. The molecule has 1 saturated heterocycles. The summed E-state index contributed by atoms with van der Waals surface area (Å²) >= 11 is 0. The van der Waals surface area contributed by atoms with Crippen LogP contribution >= 0.6 is 0 Å². The van der Waals surface area contributed by atoms with E-state index in [2.05, 4.69) is 52.1 Å². The maximum absolute atomic E-state index is 11.7. The van der Waals surface area contributed by atoms with E-state index < -0.39 is 0 Å². The smallest absolute Gasteiger partial charge is 0.239 e. The highest BCUT2D eigenvalue weighted by molar-refractivity contribution is 5.86. The van der Waals surface area contributed by atoms with E-state index in [0.29, 0.717) is 18.4 Å². The molecular weight excluding hydrogens is 328 g/mol. The van der Waals surface area contributed by atoms with Gasteiger partial charge in [0.2, 0.25) is 5.91 Å². The van der Waals surface area contributed by atoms with Crippen molar-refractivity contribution in [1.82, 2.24) is 16.0 Å². The molecule has 1 amide bonds. The molecule has 0 bridgehead atoms. The molecule has 1 aliphatic rings. The van der Waals surface area contributed by atoms with Crippen molar-refractivity contribution in [1.29, 1.82) is 0 Å². The van der Waals surface area contributed by atoms with Crippen molar-refractivity contribution in [2.45, 2.75) is 39.2 Å². The van der Waals surface area contributed by atoms with Gasteiger partial charge in [0, 0.05) is 32.7 Å². The van der Waals surface area contributed by atoms with Crippen molar-refractivity contribution in [2.24, 2.45) is 10.9 Å². The summed E-state index contributed by atoms with van der Waals surface area (Å²) in [5, 5.41) is 9.25. The maximum atomic E-state index is 11.7. The number of carbonyl (C=O) groups is 1. The number of guanidine groups is 1. The molecule has 0 saturated carbocycles. The predicted octanol–water partition coefficient (Wildman–Crippen LogP) is 2.15. The fourth-order valence-electron chi connectivity index (χ4n) is 3.12. The molecule has 6 nitrogen and oxygen atoms in total. The van der Waals surface area contributed by atoms with Crippen LogP contribution in [0.15, 0.2) is 29.3 Å². The minimum Gasteiger partial charge on any atom is -0.373 e. The molecule has 6 heteroatoms. The van der Waals surface area contributed by atoms with Gasteiger partial charge in [0.25, 0.3) is 0 Å². The third-order valence-electron chi connectivity index (χ3n) is 4.59. The van der Waals surface area contributed by atoms with E-state index >= 15 is 0 Å². The molecule has 3 N–H and O–H groups in total. The summed E-state index contributed by atoms with van der Waals surface area (Å²) in [4.78, 5) is 15.9. The van der Waals surface area contributed by atoms with Gasteiger partial charge in [0.15, 0.2) is 5.96 Å². The van der Waals surface area contributed by atoms with Crippen LogP contribution in [0.2, 0.25) is 0 Å². The van der Waals surface area contributed by atoms with Gasteiger partial charge in [-0.15, -0.1) is 0 Å². The number of nitrogens with zero attached hydrogens (tertiary/aromatic N) is 1. The second-order valence-corrected chi connectivity index (χ2v) is 6.76. The largest absolute Gasteiger partial charge is 0.373 e. The van der Waals surface area contributed by atoms with E-state index in [1.54, 1.807) is 7.05 Å². The number of rotatable bonds is 7. The molecule has 1 heterocycles. The third kappa shape index (κ3) is 6.33. The van der Waals surface area contributed by atoms with Crippen LogP contribution in [0.1, 0.15) is 43.4 Å². The van der Waals surface area contributed by atoms with Crippen molar-refractivity contribution in [3.63, 3.8) is 0 Å². The lowest BCUT2D eigenvalue weighted by atomic mass is 9.89. The summed E-state index contributed by atoms with van der Waals surface area (Å²) < 4.78 is 6.06. The molecule has 144 valence electrons. The zero-order valence-corrected chi connectivity index (χ0v) is 16.2. The fourth-order valence-corrected chi connectivity index (χ4v) is 3.12. The first-order valence-electron chi connectivity index (χ1n) is 9.53. The molecule has 0 spiro atoms. The van der Waals surface area contributed by atoms with E-state index in [1.807, 2.05) is 6.92 Å². The third-order valence-corrected chi connectivity index (χ3v) is 4.59. The average molecular weight is 361 g/mol. The average Bonchev–Trinajstić information content (AvgIpc) is 2.67. The summed E-state index contributed by atoms with van der Waals surface area (Å²) in [5.41, 5.74) is 2.48. The molecule has 1 aliphatic heterocycles. The molecule has 1 aromatic carbocycles. The zero-order chi connectivity index (χ0) is 18.8. The maximum Gasteiger partial charge on any atom is 0.239 e. The summed E-state index contributed by atoms with van der Waals surface area (Å²) in [6.45, 7) is 6.61. The minimum absolute atomic E-state index is 0.0201. The van der Waals surface area contributed by atoms with Crippen LogP contribution < -0.4 is 16.0 Å². The highest BCUT2D eigenvalue weighted by Crippen LogP contribution is 2.33. The van der Waals surface area contributed by atoms with Gasteiger partial charge in [0.05, 0.1) is 12.6 Å². The number of carbonyl (C=O) groups excluding carboxylic acids is 1. The van der Waals surface area contributed by atoms with Gasteiger partial charge in [0.1, 0.15) is 0 Å². The van der Waals surface area contributed by atoms with E-state index in [-0.39, 0.29) is 18.6 Å². The first-order chi connectivity index (χ1) is 12.6. The van der Waals surface area contributed by atoms with E-state index in [4.69, 9.17) is 4.74 Å². The summed E-state index contributed by atoms with van der Waals surface area (Å²) in [6.07, 6.45) is 3.21. The van der Waals surface area contributed by atoms with Crippen molar-refractivity contribution in [3.05, 3.63) is 35.4 Å². The lowest BCUT2D eigenvalue weighted by Crippen LogP contribution is -2.45. The SMILES string of the molecule is CCCNC(=O)CNC(=NC)NCC1CCCOC1c1ccc(C)cc1. The number of ether oxygens (including phenoxy) is 1. The molecule has 26 heavy (non-hydrogen) atoms. The van der Waals surface area contributed by atoms with Crippen molar-refractivity contribution < 1.29 is 9.53 Å². The number of amides is 1. The Bertz CT molecular complexity index is 586. The van der Waals surface area contributed by atoms with Gasteiger partial charge in [-0.1, -0.05) is 36.8 Å². The molecule has 0 aliphatic carbocycles. The number of hydrogen-bond acceptors (Lipinski definition) is 3. The Kier molecular flexibility index (Phi) is 8.41. The Morgan fingerprint density at radius 1 is 1.23 bits per heavy atom. The molecule has 2 unspecified atom stereocenters. The Morgan fingerprint density at radius 2 is 2.00 bits per heavy atom. The Morgan fingerprint density at radius 3 is 2.69 bits per heavy atom. The first kappa shape index (κ1) is 20.2. The van der Waals surface area contributed by atoms with E-state index in [0.717, 1.165) is 32.4 Å². The van der Waals surface area contributed by atoms with Gasteiger partial charge in [-0.25, -0.2) is 0 Å². The molecule has 0 radical (unpaired) electrons. The number of benzene rings is 1. The first-order valence-corrected chi connectivity index (χ1v) is 9.53. The number of hydrogen-bond donors (Lipinski definition) is 3. The number of aliphatic imine (C=N–C) groups is 1. The second-order valence-electron chi connectivity index (χ2n) is 6.76. The molecule has 2 atom stereocenters. The van der Waals surface area contributed by atoms with Crippen LogP contribution in [-0.2, 0) is 9.53 Å². The summed E-state index contributed by atoms with van der Waals surface area (Å²) in [6, 6.07) is 8.58. The van der Waals surface area contributed by atoms with Crippen LogP contribution in [0.5, 0.6) is 0 Å². The molecule has 2 rings (SSSR count). The summed E-state index contributed by atoms with van der Waals surface area (Å²) in [5.74, 6) is 0.997. The van der Waals surface area contributed by atoms with Crippen LogP contribution in [-0.4, -0.2) is 45.2 Å². The minimum atomic E-state index is -0.0201. The number of nitrogens with one attached hydrogen (secondary N) is 3. The van der Waals surface area contributed by atoms with Crippen molar-refractivity contribution in [2.75, 3.05) is 33.3 Å². The standard InChI is InChI=1S/C20H32N4O2/c1-4-11-22-18(25)14-24-20(21-3)23-13-17-6-5-12-26-19(17)16-9-7-15(2)8-10-16/h7-10,17,19H,4-6,11-14H2,1-3H3,(H,22,25)(H2,21,23,24). The molecular formula is C20H32N4O2. The molecule has 1 aromatic rings.